The van der Waals surface area contributed by atoms with Crippen molar-refractivity contribution < 1.29 is 23.9 Å². The molecule has 9 nitrogen and oxygen atoms in total. The first-order valence-electron chi connectivity index (χ1n) is 15.5. The van der Waals surface area contributed by atoms with Gasteiger partial charge in [-0.15, -0.1) is 0 Å². The first-order chi connectivity index (χ1) is 20.6. The Kier molecular flexibility index (Phi) is 9.20. The normalized spacial score (nSPS) is 22.9. The van der Waals surface area contributed by atoms with Crippen molar-refractivity contribution in [2.24, 2.45) is 11.3 Å². The standard InChI is InChI=1S/C34H44N4O5/c1-33(2,3)43-32(41)37-28-14-9-13-27(26(28)21-35)36-30(39)29-15-10-18-38(29)31(40)34(16-7-8-17-34)24-19-25(20-24)42-22-23-11-5-4-6-12-23/h4-6,9,11-14,21,24-25,29,35H,7-8,10,15-20,22H2,1-3H3,(H,36,39)(H,37,41)/t24-,25+,29-/m1/s1. The maximum atomic E-state index is 14.3. The van der Waals surface area contributed by atoms with E-state index in [0.717, 1.165) is 56.7 Å². The first kappa shape index (κ1) is 30.7. The fourth-order valence-electron chi connectivity index (χ4n) is 6.88. The van der Waals surface area contributed by atoms with Crippen molar-refractivity contribution in [3.05, 3.63) is 59.7 Å². The molecule has 3 fully saturated rings. The largest absolute Gasteiger partial charge is 0.444 e. The van der Waals surface area contributed by atoms with Gasteiger partial charge in [0.1, 0.15) is 11.6 Å². The number of anilines is 2. The maximum absolute atomic E-state index is 14.3. The Balaban J connectivity index is 1.24. The molecular formula is C34H44N4O5. The average molecular weight is 589 g/mol. The summed E-state index contributed by atoms with van der Waals surface area (Å²) in [4.78, 5) is 42.1. The van der Waals surface area contributed by atoms with Crippen LogP contribution in [0.3, 0.4) is 0 Å². The molecule has 3 N–H and O–H groups in total. The fourth-order valence-corrected chi connectivity index (χ4v) is 6.88. The molecule has 9 heteroatoms. The van der Waals surface area contributed by atoms with Crippen LogP contribution < -0.4 is 10.6 Å². The second-order valence-corrected chi connectivity index (χ2v) is 13.1. The maximum Gasteiger partial charge on any atom is 0.412 e. The van der Waals surface area contributed by atoms with E-state index in [-0.39, 0.29) is 23.8 Å². The Hall–Kier alpha value is -3.72. The minimum Gasteiger partial charge on any atom is -0.444 e. The summed E-state index contributed by atoms with van der Waals surface area (Å²) in [6.45, 7) is 6.47. The number of nitrogens with zero attached hydrogens (tertiary/aromatic N) is 1. The summed E-state index contributed by atoms with van der Waals surface area (Å²) >= 11 is 0. The monoisotopic (exact) mass is 588 g/mol. The topological polar surface area (TPSA) is 121 Å². The minimum absolute atomic E-state index is 0.113. The summed E-state index contributed by atoms with van der Waals surface area (Å²) in [7, 11) is 0. The van der Waals surface area contributed by atoms with Gasteiger partial charge in [0.2, 0.25) is 11.8 Å². The molecule has 3 amide bonds. The Morgan fingerprint density at radius 1 is 0.977 bits per heavy atom. The Morgan fingerprint density at radius 2 is 1.65 bits per heavy atom. The number of carbonyl (C=O) groups is 3. The average Bonchev–Trinajstić information content (AvgIpc) is 3.63. The van der Waals surface area contributed by atoms with Crippen molar-refractivity contribution in [1.29, 1.82) is 5.41 Å². The van der Waals surface area contributed by atoms with Crippen LogP contribution in [0.15, 0.2) is 48.5 Å². The van der Waals surface area contributed by atoms with Crippen molar-refractivity contribution in [2.45, 2.75) is 96.5 Å². The van der Waals surface area contributed by atoms with Crippen molar-refractivity contribution in [3.8, 4) is 0 Å². The zero-order valence-corrected chi connectivity index (χ0v) is 25.5. The lowest BCUT2D eigenvalue weighted by Crippen LogP contribution is -2.54. The SMILES string of the molecule is CC(C)(C)OC(=O)Nc1cccc(NC(=O)[C@H]2CCCN2C(=O)C2([C@H]3C[C@@H](OCc4ccccc4)C3)CCCC2)c1C=N. The summed E-state index contributed by atoms with van der Waals surface area (Å²) in [5.74, 6) is 0.115. The molecule has 2 aromatic rings. The van der Waals surface area contributed by atoms with Gasteiger partial charge in [-0.25, -0.2) is 4.79 Å². The lowest BCUT2D eigenvalue weighted by Gasteiger charge is -2.48. The number of amides is 3. The van der Waals surface area contributed by atoms with Gasteiger partial charge < -0.3 is 25.1 Å². The molecule has 2 aromatic carbocycles. The summed E-state index contributed by atoms with van der Waals surface area (Å²) < 4.78 is 11.5. The van der Waals surface area contributed by atoms with E-state index >= 15 is 0 Å². The third-order valence-corrected chi connectivity index (χ3v) is 9.09. The number of hydrogen-bond donors (Lipinski definition) is 3. The van der Waals surface area contributed by atoms with Crippen LogP contribution in [0, 0.1) is 16.7 Å². The van der Waals surface area contributed by atoms with E-state index in [1.54, 1.807) is 39.0 Å². The molecule has 1 heterocycles. The molecule has 1 saturated heterocycles. The van der Waals surface area contributed by atoms with Crippen molar-refractivity contribution in [1.82, 2.24) is 4.90 Å². The first-order valence-corrected chi connectivity index (χ1v) is 15.5. The van der Waals surface area contributed by atoms with Crippen LogP contribution in [0.1, 0.15) is 83.3 Å². The molecule has 0 radical (unpaired) electrons. The van der Waals surface area contributed by atoms with E-state index in [9.17, 15) is 14.4 Å². The van der Waals surface area contributed by atoms with E-state index in [2.05, 4.69) is 22.8 Å². The van der Waals surface area contributed by atoms with Crippen molar-refractivity contribution >= 4 is 35.5 Å². The molecule has 230 valence electrons. The lowest BCUT2D eigenvalue weighted by atomic mass is 9.62. The number of rotatable bonds is 9. The van der Waals surface area contributed by atoms with Gasteiger partial charge in [-0.05, 0) is 82.9 Å². The molecule has 0 unspecified atom stereocenters. The van der Waals surface area contributed by atoms with Crippen LogP contribution in [-0.4, -0.2) is 53.3 Å². The van der Waals surface area contributed by atoms with E-state index in [1.165, 1.54) is 0 Å². The molecule has 1 aliphatic heterocycles. The Bertz CT molecular complexity index is 1330. The zero-order valence-electron chi connectivity index (χ0n) is 25.5. The van der Waals surface area contributed by atoms with Crippen LogP contribution in [-0.2, 0) is 25.7 Å². The molecule has 0 bridgehead atoms. The van der Waals surface area contributed by atoms with Gasteiger partial charge in [-0.1, -0.05) is 49.2 Å². The number of likely N-dealkylation sites (tertiary alicyclic amines) is 1. The van der Waals surface area contributed by atoms with E-state index in [0.29, 0.717) is 36.5 Å². The predicted molar refractivity (Wildman–Crippen MR) is 166 cm³/mol. The molecule has 5 rings (SSSR count). The second-order valence-electron chi connectivity index (χ2n) is 13.1. The van der Waals surface area contributed by atoms with Crippen LogP contribution >= 0.6 is 0 Å². The quantitative estimate of drug-likeness (QED) is 0.288. The minimum atomic E-state index is -0.675. The molecule has 1 atom stereocenters. The molecular weight excluding hydrogens is 544 g/mol. The van der Waals surface area contributed by atoms with E-state index in [4.69, 9.17) is 14.9 Å². The zero-order chi connectivity index (χ0) is 30.6. The highest BCUT2D eigenvalue weighted by Crippen LogP contribution is 2.54. The molecule has 3 aliphatic rings. The Labute approximate surface area is 254 Å². The molecule has 43 heavy (non-hydrogen) atoms. The fraction of sp³-hybridized carbons (Fsp3) is 0.529. The summed E-state index contributed by atoms with van der Waals surface area (Å²) in [5.41, 5.74) is 1.18. The van der Waals surface area contributed by atoms with Crippen LogP contribution in [0.5, 0.6) is 0 Å². The molecule has 0 spiro atoms. The Morgan fingerprint density at radius 3 is 2.30 bits per heavy atom. The predicted octanol–water partition coefficient (Wildman–Crippen LogP) is 6.52. The lowest BCUT2D eigenvalue weighted by molar-refractivity contribution is -0.157. The highest BCUT2D eigenvalue weighted by atomic mass is 16.6. The van der Waals surface area contributed by atoms with Crippen molar-refractivity contribution in [2.75, 3.05) is 17.2 Å². The molecule has 0 aromatic heterocycles. The summed E-state index contributed by atoms with van der Waals surface area (Å²) in [6.07, 6.45) is 7.53. The van der Waals surface area contributed by atoms with Gasteiger partial charge in [0, 0.05) is 18.3 Å². The number of hydrogen-bond acceptors (Lipinski definition) is 6. The molecule has 2 aliphatic carbocycles. The van der Waals surface area contributed by atoms with E-state index in [1.807, 2.05) is 23.1 Å². The number of benzene rings is 2. The van der Waals surface area contributed by atoms with Crippen LogP contribution in [0.2, 0.25) is 0 Å². The number of carbonyl (C=O) groups excluding carboxylic acids is 3. The van der Waals surface area contributed by atoms with Gasteiger partial charge in [-0.2, -0.15) is 0 Å². The van der Waals surface area contributed by atoms with Gasteiger partial charge in [0.05, 0.1) is 29.5 Å². The van der Waals surface area contributed by atoms with Gasteiger partial charge >= 0.3 is 6.09 Å². The van der Waals surface area contributed by atoms with E-state index < -0.39 is 23.2 Å². The van der Waals surface area contributed by atoms with Crippen LogP contribution in [0.25, 0.3) is 0 Å². The highest BCUT2D eigenvalue weighted by Gasteiger charge is 2.55. The third kappa shape index (κ3) is 6.93. The number of nitrogens with one attached hydrogen (secondary N) is 3. The second kappa shape index (κ2) is 12.9. The third-order valence-electron chi connectivity index (χ3n) is 9.09. The smallest absolute Gasteiger partial charge is 0.412 e. The summed E-state index contributed by atoms with van der Waals surface area (Å²) in [5, 5.41) is 13.6. The van der Waals surface area contributed by atoms with Gasteiger partial charge in [0.15, 0.2) is 0 Å². The molecule has 2 saturated carbocycles. The highest BCUT2D eigenvalue weighted by molar-refractivity contribution is 6.05. The summed E-state index contributed by atoms with van der Waals surface area (Å²) in [6, 6.07) is 14.6. The number of ether oxygens (including phenoxy) is 2. The van der Waals surface area contributed by atoms with Gasteiger partial charge in [0.25, 0.3) is 0 Å². The van der Waals surface area contributed by atoms with Crippen LogP contribution in [0.4, 0.5) is 16.2 Å². The van der Waals surface area contributed by atoms with Gasteiger partial charge in [-0.3, -0.25) is 14.9 Å². The van der Waals surface area contributed by atoms with Crippen molar-refractivity contribution in [3.63, 3.8) is 0 Å².